The minimum Gasteiger partial charge on any atom is -0.347 e. The lowest BCUT2D eigenvalue weighted by Crippen LogP contribution is -2.49. The van der Waals surface area contributed by atoms with E-state index in [1.807, 2.05) is 0 Å². The third-order valence-electron chi connectivity index (χ3n) is 5.56. The average Bonchev–Trinajstić information content (AvgIpc) is 3.24. The molecule has 1 aliphatic heterocycles. The van der Waals surface area contributed by atoms with Gasteiger partial charge in [-0.2, -0.15) is 4.31 Å². The second-order valence-electron chi connectivity index (χ2n) is 7.45. The van der Waals surface area contributed by atoms with E-state index in [1.165, 1.54) is 12.3 Å². The standard InChI is InChI=1S/C17H23F2N5O2S/c1-27(25,26)23-7-6-14(13(19)10-23)21-17-20-9-16-12(18)8-15(24(16)22-17)11-4-2-3-5-11/h8-9,11,13-14H,2-7,10H2,1H3,(H,21,22). The van der Waals surface area contributed by atoms with Gasteiger partial charge in [0.05, 0.1) is 18.5 Å². The minimum atomic E-state index is -3.41. The molecule has 1 aliphatic carbocycles. The van der Waals surface area contributed by atoms with Crippen LogP contribution >= 0.6 is 0 Å². The number of nitrogens with zero attached hydrogens (tertiary/aromatic N) is 4. The van der Waals surface area contributed by atoms with Crippen LogP contribution < -0.4 is 5.32 Å². The maximum Gasteiger partial charge on any atom is 0.241 e. The summed E-state index contributed by atoms with van der Waals surface area (Å²) in [5, 5.41) is 7.35. The quantitative estimate of drug-likeness (QED) is 0.854. The van der Waals surface area contributed by atoms with Gasteiger partial charge in [-0.1, -0.05) is 12.8 Å². The Morgan fingerprint density at radius 2 is 2.00 bits per heavy atom. The molecule has 10 heteroatoms. The molecule has 2 aliphatic rings. The lowest BCUT2D eigenvalue weighted by atomic mass is 10.0. The Labute approximate surface area is 156 Å². The van der Waals surface area contributed by atoms with Gasteiger partial charge < -0.3 is 5.32 Å². The van der Waals surface area contributed by atoms with Crippen molar-refractivity contribution in [2.24, 2.45) is 0 Å². The van der Waals surface area contributed by atoms with Crippen LogP contribution in [0, 0.1) is 5.82 Å². The molecule has 7 nitrogen and oxygen atoms in total. The number of anilines is 1. The molecule has 0 amide bonds. The molecule has 0 bridgehead atoms. The summed E-state index contributed by atoms with van der Waals surface area (Å²) in [5.41, 5.74) is 1.14. The van der Waals surface area contributed by atoms with E-state index >= 15 is 0 Å². The first-order valence-corrected chi connectivity index (χ1v) is 11.1. The van der Waals surface area contributed by atoms with Crippen LogP contribution in [0.5, 0.6) is 0 Å². The van der Waals surface area contributed by atoms with E-state index in [0.717, 1.165) is 41.9 Å². The Kier molecular flexibility index (Phi) is 4.79. The molecule has 4 rings (SSSR count). The van der Waals surface area contributed by atoms with E-state index in [4.69, 9.17) is 0 Å². The SMILES string of the molecule is CS(=O)(=O)N1CCC(Nc2ncc3c(F)cc(C4CCCC4)n3n2)C(F)C1. The van der Waals surface area contributed by atoms with Crippen LogP contribution in [0.15, 0.2) is 12.3 Å². The summed E-state index contributed by atoms with van der Waals surface area (Å²) in [6.45, 7) is 0.0504. The fourth-order valence-electron chi connectivity index (χ4n) is 4.06. The van der Waals surface area contributed by atoms with Gasteiger partial charge in [0.1, 0.15) is 11.7 Å². The van der Waals surface area contributed by atoms with E-state index in [9.17, 15) is 17.2 Å². The molecule has 2 aromatic rings. The highest BCUT2D eigenvalue weighted by atomic mass is 32.2. The number of aromatic nitrogens is 3. The lowest BCUT2D eigenvalue weighted by Gasteiger charge is -2.33. The van der Waals surface area contributed by atoms with Gasteiger partial charge in [0, 0.05) is 24.7 Å². The molecule has 0 aromatic carbocycles. The number of rotatable bonds is 4. The molecule has 1 saturated heterocycles. The van der Waals surface area contributed by atoms with Crippen molar-refractivity contribution in [3.8, 4) is 0 Å². The van der Waals surface area contributed by atoms with Gasteiger partial charge in [-0.3, -0.25) is 0 Å². The monoisotopic (exact) mass is 399 g/mol. The molecular weight excluding hydrogens is 376 g/mol. The number of nitrogens with one attached hydrogen (secondary N) is 1. The molecule has 2 fully saturated rings. The average molecular weight is 399 g/mol. The summed E-state index contributed by atoms with van der Waals surface area (Å²) in [4.78, 5) is 4.12. The van der Waals surface area contributed by atoms with Gasteiger partial charge in [0.15, 0.2) is 5.82 Å². The van der Waals surface area contributed by atoms with E-state index in [1.54, 1.807) is 4.52 Å². The predicted molar refractivity (Wildman–Crippen MR) is 97.5 cm³/mol. The van der Waals surface area contributed by atoms with Crippen molar-refractivity contribution in [3.63, 3.8) is 0 Å². The molecule has 3 heterocycles. The maximum atomic E-state index is 14.5. The van der Waals surface area contributed by atoms with Gasteiger partial charge in [-0.05, 0) is 25.3 Å². The van der Waals surface area contributed by atoms with E-state index in [2.05, 4.69) is 15.4 Å². The van der Waals surface area contributed by atoms with Crippen molar-refractivity contribution < 1.29 is 17.2 Å². The number of hydrogen-bond donors (Lipinski definition) is 1. The van der Waals surface area contributed by atoms with Crippen molar-refractivity contribution in [3.05, 3.63) is 23.8 Å². The van der Waals surface area contributed by atoms with Crippen molar-refractivity contribution >= 4 is 21.5 Å². The Bertz CT molecular complexity index is 942. The van der Waals surface area contributed by atoms with Crippen LogP contribution in [-0.2, 0) is 10.0 Å². The second-order valence-corrected chi connectivity index (χ2v) is 9.44. The van der Waals surface area contributed by atoms with Gasteiger partial charge in [0.2, 0.25) is 16.0 Å². The maximum absolute atomic E-state index is 14.5. The van der Waals surface area contributed by atoms with Crippen LogP contribution in [0.3, 0.4) is 0 Å². The van der Waals surface area contributed by atoms with E-state index in [0.29, 0.717) is 11.9 Å². The highest BCUT2D eigenvalue weighted by molar-refractivity contribution is 7.88. The first-order chi connectivity index (χ1) is 12.8. The number of fused-ring (bicyclic) bond motifs is 1. The molecule has 1 saturated carbocycles. The zero-order valence-corrected chi connectivity index (χ0v) is 15.9. The van der Waals surface area contributed by atoms with Crippen LogP contribution in [0.2, 0.25) is 0 Å². The first-order valence-electron chi connectivity index (χ1n) is 9.23. The summed E-state index contributed by atoms with van der Waals surface area (Å²) < 4.78 is 54.6. The number of alkyl halides is 1. The minimum absolute atomic E-state index is 0.190. The van der Waals surface area contributed by atoms with Crippen LogP contribution in [0.1, 0.15) is 43.7 Å². The topological polar surface area (TPSA) is 79.6 Å². The van der Waals surface area contributed by atoms with E-state index in [-0.39, 0.29) is 30.8 Å². The number of sulfonamides is 1. The fourth-order valence-corrected chi connectivity index (χ4v) is 4.91. The third-order valence-corrected chi connectivity index (χ3v) is 6.83. The van der Waals surface area contributed by atoms with Crippen molar-refractivity contribution in [1.29, 1.82) is 0 Å². The molecule has 27 heavy (non-hydrogen) atoms. The van der Waals surface area contributed by atoms with Gasteiger partial charge in [0.25, 0.3) is 0 Å². The molecule has 2 atom stereocenters. The van der Waals surface area contributed by atoms with Gasteiger partial charge in [-0.15, -0.1) is 5.10 Å². The van der Waals surface area contributed by atoms with Gasteiger partial charge in [-0.25, -0.2) is 26.7 Å². The predicted octanol–water partition coefficient (Wildman–Crippen LogP) is 2.31. The summed E-state index contributed by atoms with van der Waals surface area (Å²) in [7, 11) is -3.41. The largest absolute Gasteiger partial charge is 0.347 e. The molecule has 2 unspecified atom stereocenters. The second kappa shape index (κ2) is 6.97. The molecule has 1 N–H and O–H groups in total. The van der Waals surface area contributed by atoms with Gasteiger partial charge >= 0.3 is 0 Å². The summed E-state index contributed by atoms with van der Waals surface area (Å²) in [6, 6.07) is 0.933. The molecule has 0 radical (unpaired) electrons. The highest BCUT2D eigenvalue weighted by Crippen LogP contribution is 2.35. The fraction of sp³-hybridized carbons (Fsp3) is 0.647. The van der Waals surface area contributed by atoms with Crippen LogP contribution in [0.25, 0.3) is 5.52 Å². The van der Waals surface area contributed by atoms with Crippen molar-refractivity contribution in [2.75, 3.05) is 24.7 Å². The number of hydrogen-bond acceptors (Lipinski definition) is 5. The molecular formula is C17H23F2N5O2S. The Morgan fingerprint density at radius 1 is 1.26 bits per heavy atom. The van der Waals surface area contributed by atoms with Crippen LogP contribution in [0.4, 0.5) is 14.7 Å². The molecule has 148 valence electrons. The van der Waals surface area contributed by atoms with Crippen molar-refractivity contribution in [2.45, 2.75) is 50.2 Å². The Hall–Kier alpha value is -1.81. The lowest BCUT2D eigenvalue weighted by molar-refractivity contribution is 0.186. The summed E-state index contributed by atoms with van der Waals surface area (Å²) >= 11 is 0. The Balaban J connectivity index is 1.55. The normalized spacial score (nSPS) is 25.3. The summed E-state index contributed by atoms with van der Waals surface area (Å²) in [5.74, 6) is 0.141. The van der Waals surface area contributed by atoms with Crippen LogP contribution in [-0.4, -0.2) is 58.9 Å². The smallest absolute Gasteiger partial charge is 0.241 e. The van der Waals surface area contributed by atoms with Crippen molar-refractivity contribution in [1.82, 2.24) is 18.9 Å². The summed E-state index contributed by atoms with van der Waals surface area (Å²) in [6.07, 6.45) is 5.69. The van der Waals surface area contributed by atoms with E-state index < -0.39 is 22.2 Å². The molecule has 0 spiro atoms. The Morgan fingerprint density at radius 3 is 2.67 bits per heavy atom. The molecule has 2 aromatic heterocycles. The third kappa shape index (κ3) is 3.64. The zero-order valence-electron chi connectivity index (χ0n) is 15.1. The highest BCUT2D eigenvalue weighted by Gasteiger charge is 2.33. The number of halogens is 2. The number of piperidine rings is 1. The zero-order chi connectivity index (χ0) is 19.2. The first kappa shape index (κ1) is 18.5.